The Hall–Kier alpha value is -1.84. The van der Waals surface area contributed by atoms with Crippen LogP contribution in [0.3, 0.4) is 0 Å². The van der Waals surface area contributed by atoms with Gasteiger partial charge in [0.15, 0.2) is 0 Å². The summed E-state index contributed by atoms with van der Waals surface area (Å²) in [6, 6.07) is 7.20. The lowest BCUT2D eigenvalue weighted by Gasteiger charge is -2.09. The third kappa shape index (κ3) is 6.36. The van der Waals surface area contributed by atoms with Gasteiger partial charge in [0.1, 0.15) is 0 Å². The summed E-state index contributed by atoms with van der Waals surface area (Å²) in [5.41, 5.74) is 1.61. The first-order valence-corrected chi connectivity index (χ1v) is 7.03. The van der Waals surface area contributed by atoms with Gasteiger partial charge in [-0.05, 0) is 30.0 Å². The molecule has 1 aromatic rings. The Balaban J connectivity index is 2.36. The number of amides is 1. The Morgan fingerprint density at radius 3 is 2.45 bits per heavy atom. The van der Waals surface area contributed by atoms with Crippen molar-refractivity contribution in [2.24, 2.45) is 5.92 Å². The zero-order valence-corrected chi connectivity index (χ0v) is 12.4. The summed E-state index contributed by atoms with van der Waals surface area (Å²) >= 11 is 0. The zero-order valence-electron chi connectivity index (χ0n) is 12.4. The number of rotatable bonds is 7. The lowest BCUT2D eigenvalue weighted by molar-refractivity contribution is -0.143. The number of hydrogen-bond donors (Lipinski definition) is 1. The van der Waals surface area contributed by atoms with Gasteiger partial charge in [0.05, 0.1) is 13.0 Å². The van der Waals surface area contributed by atoms with Gasteiger partial charge in [-0.25, -0.2) is 0 Å². The molecule has 0 radical (unpaired) electrons. The van der Waals surface area contributed by atoms with Crippen LogP contribution in [0.2, 0.25) is 0 Å². The highest BCUT2D eigenvalue weighted by Crippen LogP contribution is 2.11. The van der Waals surface area contributed by atoms with E-state index < -0.39 is 0 Å². The molecule has 1 atom stereocenters. The molecule has 1 amide bonds. The molecule has 4 nitrogen and oxygen atoms in total. The number of ether oxygens (including phenoxy) is 1. The van der Waals surface area contributed by atoms with E-state index in [1.54, 1.807) is 12.1 Å². The van der Waals surface area contributed by atoms with Gasteiger partial charge in [0, 0.05) is 12.6 Å². The van der Waals surface area contributed by atoms with Crippen molar-refractivity contribution in [1.29, 1.82) is 0 Å². The van der Waals surface area contributed by atoms with Crippen molar-refractivity contribution in [2.75, 3.05) is 11.9 Å². The van der Waals surface area contributed by atoms with Gasteiger partial charge in [-0.3, -0.25) is 9.59 Å². The van der Waals surface area contributed by atoms with Crippen molar-refractivity contribution in [3.05, 3.63) is 29.8 Å². The number of anilines is 1. The van der Waals surface area contributed by atoms with Crippen molar-refractivity contribution in [2.45, 2.75) is 40.0 Å². The van der Waals surface area contributed by atoms with Gasteiger partial charge in [0.2, 0.25) is 5.91 Å². The van der Waals surface area contributed by atoms with E-state index in [4.69, 9.17) is 4.74 Å². The topological polar surface area (TPSA) is 55.4 Å². The molecule has 0 heterocycles. The van der Waals surface area contributed by atoms with Crippen molar-refractivity contribution in [3.63, 3.8) is 0 Å². The molecule has 1 aromatic carbocycles. The van der Waals surface area contributed by atoms with E-state index in [2.05, 4.69) is 19.2 Å². The van der Waals surface area contributed by atoms with E-state index in [9.17, 15) is 9.59 Å². The van der Waals surface area contributed by atoms with E-state index in [0.717, 1.165) is 24.1 Å². The van der Waals surface area contributed by atoms with Gasteiger partial charge in [-0.2, -0.15) is 0 Å². The average Bonchev–Trinajstić information content (AvgIpc) is 2.40. The van der Waals surface area contributed by atoms with E-state index >= 15 is 0 Å². The van der Waals surface area contributed by atoms with Crippen LogP contribution in [0, 0.1) is 5.92 Å². The van der Waals surface area contributed by atoms with E-state index in [1.807, 2.05) is 12.1 Å². The predicted octanol–water partition coefficient (Wildman–Crippen LogP) is 3.17. The summed E-state index contributed by atoms with van der Waals surface area (Å²) in [4.78, 5) is 22.5. The maximum Gasteiger partial charge on any atom is 0.310 e. The molecule has 0 aliphatic rings. The number of hydrogen-bond acceptors (Lipinski definition) is 3. The van der Waals surface area contributed by atoms with E-state index in [0.29, 0.717) is 12.5 Å². The molecule has 1 N–H and O–H groups in total. The fourth-order valence-electron chi connectivity index (χ4n) is 1.70. The zero-order chi connectivity index (χ0) is 15.0. The normalized spacial score (nSPS) is 11.8. The van der Waals surface area contributed by atoms with Gasteiger partial charge < -0.3 is 10.1 Å². The molecule has 0 saturated carbocycles. The van der Waals surface area contributed by atoms with E-state index in [-0.39, 0.29) is 18.3 Å². The highest BCUT2D eigenvalue weighted by molar-refractivity contribution is 5.88. The molecular weight excluding hydrogens is 254 g/mol. The Labute approximate surface area is 120 Å². The van der Waals surface area contributed by atoms with Gasteiger partial charge in [0.25, 0.3) is 0 Å². The van der Waals surface area contributed by atoms with Crippen LogP contribution in [-0.2, 0) is 20.7 Å². The summed E-state index contributed by atoms with van der Waals surface area (Å²) in [5.74, 6) is 0.266. The van der Waals surface area contributed by atoms with Crippen LogP contribution >= 0.6 is 0 Å². The van der Waals surface area contributed by atoms with E-state index in [1.165, 1.54) is 6.92 Å². The average molecular weight is 277 g/mol. The van der Waals surface area contributed by atoms with Crippen LogP contribution < -0.4 is 5.32 Å². The van der Waals surface area contributed by atoms with Crippen LogP contribution in [0.1, 0.15) is 39.2 Å². The van der Waals surface area contributed by atoms with Crippen molar-refractivity contribution in [1.82, 2.24) is 0 Å². The number of carbonyl (C=O) groups excluding carboxylic acids is 2. The lowest BCUT2D eigenvalue weighted by Crippen LogP contribution is -2.11. The molecule has 4 heteroatoms. The summed E-state index contributed by atoms with van der Waals surface area (Å²) in [6.07, 6.45) is 2.27. The third-order valence-corrected chi connectivity index (χ3v) is 3.19. The Bertz CT molecular complexity index is 440. The summed E-state index contributed by atoms with van der Waals surface area (Å²) in [7, 11) is 0. The molecule has 110 valence electrons. The summed E-state index contributed by atoms with van der Waals surface area (Å²) < 4.78 is 5.20. The van der Waals surface area contributed by atoms with Crippen LogP contribution in [0.15, 0.2) is 24.3 Å². The van der Waals surface area contributed by atoms with Crippen LogP contribution in [0.4, 0.5) is 5.69 Å². The molecule has 1 rings (SSSR count). The van der Waals surface area contributed by atoms with Crippen LogP contribution in [0.5, 0.6) is 0 Å². The summed E-state index contributed by atoms with van der Waals surface area (Å²) in [6.45, 7) is 6.22. The number of nitrogens with one attached hydrogen (secondary N) is 1. The predicted molar refractivity (Wildman–Crippen MR) is 79.5 cm³/mol. The lowest BCUT2D eigenvalue weighted by atomic mass is 10.1. The maximum absolute atomic E-state index is 11.7. The van der Waals surface area contributed by atoms with Crippen molar-refractivity contribution < 1.29 is 14.3 Å². The van der Waals surface area contributed by atoms with Crippen molar-refractivity contribution >= 4 is 17.6 Å². The minimum atomic E-state index is -0.208. The fourth-order valence-corrected chi connectivity index (χ4v) is 1.70. The molecule has 20 heavy (non-hydrogen) atoms. The first-order chi connectivity index (χ1) is 9.51. The molecule has 0 aliphatic carbocycles. The van der Waals surface area contributed by atoms with Gasteiger partial charge >= 0.3 is 5.97 Å². The number of benzene rings is 1. The molecule has 1 unspecified atom stereocenters. The van der Waals surface area contributed by atoms with Crippen molar-refractivity contribution in [3.8, 4) is 0 Å². The fraction of sp³-hybridized carbons (Fsp3) is 0.500. The van der Waals surface area contributed by atoms with Crippen LogP contribution in [-0.4, -0.2) is 18.5 Å². The highest BCUT2D eigenvalue weighted by atomic mass is 16.5. The SMILES string of the molecule is CCC(C)CCOC(=O)Cc1ccc(NC(C)=O)cc1. The molecule has 0 fully saturated rings. The largest absolute Gasteiger partial charge is 0.465 e. The second-order valence-electron chi connectivity index (χ2n) is 5.08. The quantitative estimate of drug-likeness (QED) is 0.779. The molecule has 0 aliphatic heterocycles. The Morgan fingerprint density at radius 2 is 1.90 bits per heavy atom. The molecule has 0 saturated heterocycles. The number of esters is 1. The minimum absolute atomic E-state index is 0.109. The molecule has 0 bridgehead atoms. The van der Waals surface area contributed by atoms with Gasteiger partial charge in [-0.15, -0.1) is 0 Å². The first kappa shape index (κ1) is 16.2. The summed E-state index contributed by atoms with van der Waals surface area (Å²) in [5, 5.41) is 2.68. The maximum atomic E-state index is 11.7. The smallest absolute Gasteiger partial charge is 0.310 e. The molecular formula is C16H23NO3. The Kier molecular flexibility index (Phi) is 6.77. The third-order valence-electron chi connectivity index (χ3n) is 3.19. The monoisotopic (exact) mass is 277 g/mol. The highest BCUT2D eigenvalue weighted by Gasteiger charge is 2.06. The molecule has 0 aromatic heterocycles. The number of carbonyl (C=O) groups is 2. The second-order valence-corrected chi connectivity index (χ2v) is 5.08. The standard InChI is InChI=1S/C16H23NO3/c1-4-12(2)9-10-20-16(19)11-14-5-7-15(8-6-14)17-13(3)18/h5-8,12H,4,9-11H2,1-3H3,(H,17,18). The molecule has 0 spiro atoms. The first-order valence-electron chi connectivity index (χ1n) is 7.03. The van der Waals surface area contributed by atoms with Crippen LogP contribution in [0.25, 0.3) is 0 Å². The Morgan fingerprint density at radius 1 is 1.25 bits per heavy atom. The second kappa shape index (κ2) is 8.35. The minimum Gasteiger partial charge on any atom is -0.465 e. The van der Waals surface area contributed by atoms with Gasteiger partial charge in [-0.1, -0.05) is 32.4 Å².